The highest BCUT2D eigenvalue weighted by atomic mass is 32.2. The first-order valence-electron chi connectivity index (χ1n) is 7.48. The van der Waals surface area contributed by atoms with Gasteiger partial charge in [0.1, 0.15) is 0 Å². The van der Waals surface area contributed by atoms with E-state index in [-0.39, 0.29) is 0 Å². The molecule has 21 heavy (non-hydrogen) atoms. The van der Waals surface area contributed by atoms with E-state index in [1.165, 1.54) is 11.1 Å². The van der Waals surface area contributed by atoms with E-state index in [1.54, 1.807) is 0 Å². The summed E-state index contributed by atoms with van der Waals surface area (Å²) in [6, 6.07) is 15.3. The zero-order valence-electron chi connectivity index (χ0n) is 13.3. The van der Waals surface area contributed by atoms with Crippen LogP contribution in [-0.4, -0.2) is 17.3 Å². The summed E-state index contributed by atoms with van der Waals surface area (Å²) in [7, 11) is 2.04. The summed E-state index contributed by atoms with van der Waals surface area (Å²) in [4.78, 5) is 4.67. The SMILES string of the molecule is CCC(Sc1cc(C)cc(C)n1)C(NC)c1ccccc1. The molecule has 0 bridgehead atoms. The van der Waals surface area contributed by atoms with Gasteiger partial charge in [-0.05, 0) is 50.6 Å². The molecule has 3 heteroatoms. The van der Waals surface area contributed by atoms with E-state index in [0.29, 0.717) is 11.3 Å². The van der Waals surface area contributed by atoms with Gasteiger partial charge in [0.25, 0.3) is 0 Å². The van der Waals surface area contributed by atoms with Gasteiger partial charge in [0, 0.05) is 17.0 Å². The van der Waals surface area contributed by atoms with E-state index in [4.69, 9.17) is 0 Å². The molecule has 0 amide bonds. The first-order chi connectivity index (χ1) is 10.1. The van der Waals surface area contributed by atoms with Crippen molar-refractivity contribution >= 4 is 11.8 Å². The quantitative estimate of drug-likeness (QED) is 0.793. The van der Waals surface area contributed by atoms with Crippen LogP contribution in [0.2, 0.25) is 0 Å². The maximum absolute atomic E-state index is 4.67. The van der Waals surface area contributed by atoms with Crippen molar-refractivity contribution in [2.75, 3.05) is 7.05 Å². The van der Waals surface area contributed by atoms with Gasteiger partial charge in [-0.15, -0.1) is 11.8 Å². The van der Waals surface area contributed by atoms with Crippen LogP contribution in [0.5, 0.6) is 0 Å². The summed E-state index contributed by atoms with van der Waals surface area (Å²) in [5, 5.41) is 5.06. The maximum Gasteiger partial charge on any atom is 0.0969 e. The highest BCUT2D eigenvalue weighted by Gasteiger charge is 2.21. The minimum absolute atomic E-state index is 0.337. The Morgan fingerprint density at radius 3 is 2.43 bits per heavy atom. The van der Waals surface area contributed by atoms with Crippen molar-refractivity contribution in [1.82, 2.24) is 10.3 Å². The van der Waals surface area contributed by atoms with Crippen molar-refractivity contribution < 1.29 is 0 Å². The second kappa shape index (κ2) is 7.62. The van der Waals surface area contributed by atoms with Gasteiger partial charge in [-0.2, -0.15) is 0 Å². The lowest BCUT2D eigenvalue weighted by Crippen LogP contribution is -2.27. The van der Waals surface area contributed by atoms with Crippen molar-refractivity contribution in [3.8, 4) is 0 Å². The molecular weight excluding hydrogens is 276 g/mol. The number of pyridine rings is 1. The molecule has 0 radical (unpaired) electrons. The number of nitrogens with zero attached hydrogens (tertiary/aromatic N) is 1. The fourth-order valence-corrected chi connectivity index (χ4v) is 3.99. The predicted octanol–water partition coefficient (Wildman–Crippen LogP) is 4.53. The van der Waals surface area contributed by atoms with Crippen molar-refractivity contribution in [3.05, 3.63) is 59.3 Å². The van der Waals surface area contributed by atoms with Crippen LogP contribution in [0.4, 0.5) is 0 Å². The van der Waals surface area contributed by atoms with E-state index in [0.717, 1.165) is 17.1 Å². The van der Waals surface area contributed by atoms with Crippen LogP contribution >= 0.6 is 11.8 Å². The van der Waals surface area contributed by atoms with E-state index in [2.05, 4.69) is 73.5 Å². The molecule has 0 saturated heterocycles. The fraction of sp³-hybridized carbons (Fsp3) is 0.389. The number of aryl methyl sites for hydroxylation is 2. The molecule has 0 aliphatic carbocycles. The molecule has 2 nitrogen and oxygen atoms in total. The molecule has 2 aromatic rings. The van der Waals surface area contributed by atoms with Crippen LogP contribution in [0.25, 0.3) is 0 Å². The summed E-state index contributed by atoms with van der Waals surface area (Å²) in [6.45, 7) is 6.44. The molecule has 2 unspecified atom stereocenters. The number of nitrogens with one attached hydrogen (secondary N) is 1. The number of rotatable bonds is 6. The summed E-state index contributed by atoms with van der Waals surface area (Å²) in [5.74, 6) is 0. The summed E-state index contributed by atoms with van der Waals surface area (Å²) in [5.41, 5.74) is 3.71. The van der Waals surface area contributed by atoms with Gasteiger partial charge in [0.05, 0.1) is 5.03 Å². The fourth-order valence-electron chi connectivity index (χ4n) is 2.63. The molecule has 1 heterocycles. The van der Waals surface area contributed by atoms with Gasteiger partial charge in [0.15, 0.2) is 0 Å². The van der Waals surface area contributed by atoms with E-state index >= 15 is 0 Å². The lowest BCUT2D eigenvalue weighted by atomic mass is 10.0. The third kappa shape index (κ3) is 4.32. The molecule has 1 N–H and O–H groups in total. The third-order valence-electron chi connectivity index (χ3n) is 3.59. The molecule has 0 spiro atoms. The predicted molar refractivity (Wildman–Crippen MR) is 91.9 cm³/mol. The molecule has 1 aromatic heterocycles. The number of hydrogen-bond acceptors (Lipinski definition) is 3. The van der Waals surface area contributed by atoms with Crippen LogP contribution in [0, 0.1) is 13.8 Å². The number of aromatic nitrogens is 1. The first kappa shape index (κ1) is 16.1. The average molecular weight is 300 g/mol. The Bertz CT molecular complexity index is 548. The Morgan fingerprint density at radius 1 is 1.14 bits per heavy atom. The summed E-state index contributed by atoms with van der Waals surface area (Å²) in [6.07, 6.45) is 1.10. The largest absolute Gasteiger partial charge is 0.312 e. The maximum atomic E-state index is 4.67. The van der Waals surface area contributed by atoms with Crippen molar-refractivity contribution in [2.24, 2.45) is 0 Å². The van der Waals surface area contributed by atoms with Gasteiger partial charge in [0.2, 0.25) is 0 Å². The highest BCUT2D eigenvalue weighted by Crippen LogP contribution is 2.33. The molecule has 0 aliphatic heterocycles. The third-order valence-corrected chi connectivity index (χ3v) is 4.95. The minimum atomic E-state index is 0.337. The topological polar surface area (TPSA) is 24.9 Å². The Morgan fingerprint density at radius 2 is 1.86 bits per heavy atom. The van der Waals surface area contributed by atoms with Gasteiger partial charge in [-0.25, -0.2) is 4.98 Å². The molecule has 0 saturated carbocycles. The average Bonchev–Trinajstić information content (AvgIpc) is 2.47. The van der Waals surface area contributed by atoms with Crippen molar-refractivity contribution in [2.45, 2.75) is 43.5 Å². The van der Waals surface area contributed by atoms with Crippen molar-refractivity contribution in [1.29, 1.82) is 0 Å². The number of benzene rings is 1. The van der Waals surface area contributed by atoms with E-state index in [1.807, 2.05) is 18.8 Å². The first-order valence-corrected chi connectivity index (χ1v) is 8.36. The molecule has 1 aromatic carbocycles. The van der Waals surface area contributed by atoms with E-state index < -0.39 is 0 Å². The smallest absolute Gasteiger partial charge is 0.0969 e. The summed E-state index contributed by atoms with van der Waals surface area (Å²) >= 11 is 1.87. The second-order valence-electron chi connectivity index (χ2n) is 5.37. The molecule has 2 rings (SSSR count). The van der Waals surface area contributed by atoms with Gasteiger partial charge < -0.3 is 5.32 Å². The Balaban J connectivity index is 2.21. The van der Waals surface area contributed by atoms with Crippen LogP contribution in [0.1, 0.15) is 36.2 Å². The van der Waals surface area contributed by atoms with Crippen LogP contribution in [-0.2, 0) is 0 Å². The standard InChI is InChI=1S/C18H24N2S/c1-5-16(18(19-4)15-9-7-6-8-10-15)21-17-12-13(2)11-14(3)20-17/h6-12,16,18-19H,5H2,1-4H3. The van der Waals surface area contributed by atoms with Crippen LogP contribution < -0.4 is 5.32 Å². The molecule has 0 fully saturated rings. The Kier molecular flexibility index (Phi) is 5.83. The van der Waals surface area contributed by atoms with Crippen LogP contribution in [0.3, 0.4) is 0 Å². The number of thioether (sulfide) groups is 1. The molecular formula is C18H24N2S. The lowest BCUT2D eigenvalue weighted by molar-refractivity contribution is 0.555. The molecule has 0 aliphatic rings. The van der Waals surface area contributed by atoms with E-state index in [9.17, 15) is 0 Å². The normalized spacial score (nSPS) is 13.9. The lowest BCUT2D eigenvalue weighted by Gasteiger charge is -2.26. The van der Waals surface area contributed by atoms with Crippen LogP contribution in [0.15, 0.2) is 47.5 Å². The highest BCUT2D eigenvalue weighted by molar-refractivity contribution is 7.99. The molecule has 112 valence electrons. The monoisotopic (exact) mass is 300 g/mol. The molecule has 2 atom stereocenters. The minimum Gasteiger partial charge on any atom is -0.312 e. The Hall–Kier alpha value is -1.32. The summed E-state index contributed by atoms with van der Waals surface area (Å²) < 4.78 is 0. The Labute approximate surface area is 132 Å². The zero-order valence-corrected chi connectivity index (χ0v) is 14.1. The number of hydrogen-bond donors (Lipinski definition) is 1. The zero-order chi connectivity index (χ0) is 15.2. The van der Waals surface area contributed by atoms with Gasteiger partial charge in [-0.1, -0.05) is 37.3 Å². The second-order valence-corrected chi connectivity index (χ2v) is 6.63. The van der Waals surface area contributed by atoms with Gasteiger partial charge >= 0.3 is 0 Å². The van der Waals surface area contributed by atoms with Crippen molar-refractivity contribution in [3.63, 3.8) is 0 Å². The van der Waals surface area contributed by atoms with Gasteiger partial charge in [-0.3, -0.25) is 0 Å².